The molecule has 384 valence electrons. The average Bonchev–Trinajstić information content (AvgIpc) is 1.82. The van der Waals surface area contributed by atoms with Gasteiger partial charge in [0.25, 0.3) is 0 Å². The summed E-state index contributed by atoms with van der Waals surface area (Å²) in [5, 5.41) is 29.1. The van der Waals surface area contributed by atoms with Crippen molar-refractivity contribution in [3.63, 3.8) is 0 Å². The fourth-order valence-electron chi connectivity index (χ4n) is 11.2. The van der Waals surface area contributed by atoms with Crippen LogP contribution in [0.2, 0.25) is 0 Å². The van der Waals surface area contributed by atoms with Crippen molar-refractivity contribution in [2.75, 3.05) is 0 Å². The van der Waals surface area contributed by atoms with Gasteiger partial charge in [-0.15, -0.1) is 0 Å². The SMILES string of the molecule is [2H]C([2H])([2H])c1ccc(-c2ccc(-c3ccccc3-c3cc(-c4ccccc4-c4ccc5c6nccc(-c7ccccc7)c6c6cc(C(C)(C)C)nn6c5c4)cc(-c4ccccc4-c4ccc(-c5ccc(C([2H])([2H])[2H])cn5)cc4C#N)c3)c(C#N)c2)nc1. The lowest BCUT2D eigenvalue weighted by molar-refractivity contribution is 0.564. The highest BCUT2D eigenvalue weighted by atomic mass is 15.2. The number of nitrogens with zero attached hydrogens (tertiary/aromatic N) is 7. The maximum Gasteiger partial charge on any atom is 0.0998 e. The molecule has 0 aliphatic heterocycles. The van der Waals surface area contributed by atoms with Gasteiger partial charge in [-0.05, 0) is 158 Å². The first-order valence-electron chi connectivity index (χ1n) is 29.7. The first kappa shape index (κ1) is 43.4. The highest BCUT2D eigenvalue weighted by molar-refractivity contribution is 6.16. The molecule has 0 saturated carbocycles. The second kappa shape index (κ2) is 20.3. The third-order valence-electron chi connectivity index (χ3n) is 15.2. The molecule has 0 atom stereocenters. The lowest BCUT2D eigenvalue weighted by Gasteiger charge is -2.19. The zero-order valence-corrected chi connectivity index (χ0v) is 44.6. The molecule has 13 aromatic rings. The van der Waals surface area contributed by atoms with Crippen LogP contribution in [0.25, 0.3) is 128 Å². The van der Waals surface area contributed by atoms with Crippen molar-refractivity contribution < 1.29 is 8.22 Å². The van der Waals surface area contributed by atoms with Gasteiger partial charge in [0.1, 0.15) is 0 Å². The summed E-state index contributed by atoms with van der Waals surface area (Å²) in [6, 6.07) is 74.9. The number of aromatic nitrogens is 5. The first-order chi connectivity index (χ1) is 41.9. The van der Waals surface area contributed by atoms with E-state index in [1.54, 1.807) is 36.4 Å². The Bertz CT molecular complexity index is 4770. The van der Waals surface area contributed by atoms with E-state index >= 15 is 0 Å². The minimum Gasteiger partial charge on any atom is -0.256 e. The summed E-state index contributed by atoms with van der Waals surface area (Å²) in [6.07, 6.45) is 4.61. The maximum absolute atomic E-state index is 10.9. The van der Waals surface area contributed by atoms with E-state index in [4.69, 9.17) is 18.3 Å². The number of fused-ring (bicyclic) bond motifs is 6. The molecule has 8 aromatic carbocycles. The second-order valence-corrected chi connectivity index (χ2v) is 21.3. The fourth-order valence-corrected chi connectivity index (χ4v) is 11.2. The van der Waals surface area contributed by atoms with Crippen LogP contribution in [0.1, 0.15) is 56.9 Å². The molecule has 0 radical (unpaired) electrons. The Morgan fingerprint density at radius 1 is 0.407 bits per heavy atom. The summed E-state index contributed by atoms with van der Waals surface area (Å²) in [5.41, 5.74) is 19.6. The Morgan fingerprint density at radius 2 is 0.901 bits per heavy atom. The van der Waals surface area contributed by atoms with Crippen LogP contribution in [-0.2, 0) is 5.41 Å². The number of aryl methyl sites for hydroxylation is 2. The van der Waals surface area contributed by atoms with E-state index in [-0.39, 0.29) is 16.5 Å². The molecular formula is C74H53N7. The van der Waals surface area contributed by atoms with Crippen molar-refractivity contribution in [3.05, 3.63) is 259 Å². The van der Waals surface area contributed by atoms with Crippen molar-refractivity contribution >= 4 is 27.3 Å². The van der Waals surface area contributed by atoms with Gasteiger partial charge in [-0.1, -0.05) is 166 Å². The largest absolute Gasteiger partial charge is 0.256 e. The molecule has 0 aliphatic rings. The number of pyridine rings is 4. The molecule has 13 rings (SSSR count). The van der Waals surface area contributed by atoms with Crippen molar-refractivity contribution in [1.29, 1.82) is 10.5 Å². The van der Waals surface area contributed by atoms with E-state index in [0.29, 0.717) is 44.8 Å². The highest BCUT2D eigenvalue weighted by Gasteiger charge is 2.24. The molecule has 0 aliphatic carbocycles. The number of benzene rings is 8. The number of hydrogen-bond acceptors (Lipinski definition) is 6. The molecule has 5 aromatic heterocycles. The molecule has 0 spiro atoms. The molecule has 7 nitrogen and oxygen atoms in total. The first-order valence-corrected chi connectivity index (χ1v) is 26.7. The van der Waals surface area contributed by atoms with Gasteiger partial charge in [-0.2, -0.15) is 15.6 Å². The molecular weight excluding hydrogens is 987 g/mol. The lowest BCUT2D eigenvalue weighted by Crippen LogP contribution is -2.11. The second-order valence-electron chi connectivity index (χ2n) is 21.3. The topological polar surface area (TPSA) is 104 Å². The van der Waals surface area contributed by atoms with Gasteiger partial charge in [0.15, 0.2) is 0 Å². The van der Waals surface area contributed by atoms with Crippen molar-refractivity contribution in [3.8, 4) is 113 Å². The Labute approximate surface area is 479 Å². The third-order valence-corrected chi connectivity index (χ3v) is 15.2. The average molecular weight is 1050 g/mol. The van der Waals surface area contributed by atoms with Crippen LogP contribution >= 0.6 is 0 Å². The zero-order valence-electron chi connectivity index (χ0n) is 50.6. The van der Waals surface area contributed by atoms with Crippen molar-refractivity contribution in [2.45, 2.75) is 39.9 Å². The van der Waals surface area contributed by atoms with E-state index < -0.39 is 13.7 Å². The van der Waals surface area contributed by atoms with E-state index in [9.17, 15) is 10.5 Å². The summed E-state index contributed by atoms with van der Waals surface area (Å²) >= 11 is 0. The summed E-state index contributed by atoms with van der Waals surface area (Å²) < 4.78 is 49.2. The fraction of sp³-hybridized carbons (Fsp3) is 0.0811. The normalized spacial score (nSPS) is 12.9. The Hall–Kier alpha value is -10.6. The Morgan fingerprint density at radius 3 is 1.40 bits per heavy atom. The number of rotatable bonds is 9. The van der Waals surface area contributed by atoms with Crippen molar-refractivity contribution in [2.24, 2.45) is 0 Å². The van der Waals surface area contributed by atoms with Gasteiger partial charge in [0.2, 0.25) is 0 Å². The molecule has 7 heteroatoms. The summed E-state index contributed by atoms with van der Waals surface area (Å²) in [7, 11) is 0. The Kier molecular flexibility index (Phi) is 10.9. The minimum atomic E-state index is -2.30. The molecule has 0 amide bonds. The van der Waals surface area contributed by atoms with Crippen LogP contribution in [0.4, 0.5) is 0 Å². The molecule has 0 unspecified atom stereocenters. The van der Waals surface area contributed by atoms with Crippen LogP contribution in [0.5, 0.6) is 0 Å². The number of hydrogen-bond donors (Lipinski definition) is 0. The smallest absolute Gasteiger partial charge is 0.0998 e. The zero-order chi connectivity index (χ0) is 60.4. The Balaban J connectivity index is 1.000. The molecule has 0 fully saturated rings. The molecule has 0 bridgehead atoms. The quantitative estimate of drug-likeness (QED) is 0.133. The predicted octanol–water partition coefficient (Wildman–Crippen LogP) is 18.5. The molecule has 81 heavy (non-hydrogen) atoms. The maximum atomic E-state index is 10.9. The monoisotopic (exact) mass is 1050 g/mol. The van der Waals surface area contributed by atoms with E-state index in [1.165, 1.54) is 12.4 Å². The minimum absolute atomic E-state index is 0.133. The predicted molar refractivity (Wildman–Crippen MR) is 330 cm³/mol. The van der Waals surface area contributed by atoms with E-state index in [2.05, 4.69) is 157 Å². The third kappa shape index (κ3) is 9.17. The van der Waals surface area contributed by atoms with Gasteiger partial charge in [-0.25, -0.2) is 4.52 Å². The summed E-state index contributed by atoms with van der Waals surface area (Å²) in [4.78, 5) is 14.0. The van der Waals surface area contributed by atoms with Gasteiger partial charge < -0.3 is 0 Å². The van der Waals surface area contributed by atoms with Gasteiger partial charge in [-0.3, -0.25) is 15.0 Å². The number of nitriles is 2. The van der Waals surface area contributed by atoms with Gasteiger partial charge in [0.05, 0.1) is 56.9 Å². The van der Waals surface area contributed by atoms with Gasteiger partial charge >= 0.3 is 0 Å². The summed E-state index contributed by atoms with van der Waals surface area (Å²) in [6.45, 7) is 1.95. The summed E-state index contributed by atoms with van der Waals surface area (Å²) in [5.74, 6) is 0. The van der Waals surface area contributed by atoms with E-state index in [1.807, 2.05) is 72.9 Å². The molecule has 5 heterocycles. The lowest BCUT2D eigenvalue weighted by atomic mass is 9.85. The standard InChI is InChI=1S/C74H53N7/c1-46-23-31-67(78-44-46)50-26-28-61(55(35-50)42-75)64-21-13-11-19-59(64)53-37-52(38-54(39-53)60-20-12-14-22-65(60)62-29-27-51(36-56(62)43-76)68-32-24-47(2)45-79-68)58-18-10-9-17-57(58)49-25-30-66-69(40-49)81-70(41-71(80-81)74(3,4)5)72-63(33-34-77-73(66)72)48-15-7-6-8-16-48/h6-41,44-45H,1-5H3/i1D3,2D3. The van der Waals surface area contributed by atoms with Crippen molar-refractivity contribution in [1.82, 2.24) is 24.6 Å². The van der Waals surface area contributed by atoms with Crippen LogP contribution in [0.3, 0.4) is 0 Å². The van der Waals surface area contributed by atoms with Crippen LogP contribution in [0.15, 0.2) is 231 Å². The van der Waals surface area contributed by atoms with Crippen LogP contribution in [-0.4, -0.2) is 24.6 Å². The van der Waals surface area contributed by atoms with Crippen LogP contribution in [0, 0.1) is 36.4 Å². The van der Waals surface area contributed by atoms with Gasteiger partial charge in [0, 0.05) is 65.3 Å². The highest BCUT2D eigenvalue weighted by Crippen LogP contribution is 2.45. The van der Waals surface area contributed by atoms with Crippen LogP contribution < -0.4 is 0 Å². The molecule has 0 saturated heterocycles. The molecule has 0 N–H and O–H groups in total. The van der Waals surface area contributed by atoms with E-state index in [0.717, 1.165) is 99.8 Å².